The molecule has 1 heterocycles. The molecular formula is C28H21F5N2O4. The number of allylic oxidation sites excluding steroid dienone is 3. The van der Waals surface area contributed by atoms with E-state index in [0.29, 0.717) is 23.8 Å². The summed E-state index contributed by atoms with van der Waals surface area (Å²) in [5.41, 5.74) is -0.689. The fourth-order valence-corrected chi connectivity index (χ4v) is 3.73. The highest BCUT2D eigenvalue weighted by atomic mass is 19.4. The van der Waals surface area contributed by atoms with Gasteiger partial charge in [-0.1, -0.05) is 30.1 Å². The number of aryl methyl sites for hydroxylation is 1. The van der Waals surface area contributed by atoms with Gasteiger partial charge in [-0.2, -0.15) is 18.2 Å². The first-order valence-electron chi connectivity index (χ1n) is 11.5. The van der Waals surface area contributed by atoms with Crippen LogP contribution in [-0.4, -0.2) is 20.8 Å². The van der Waals surface area contributed by atoms with Gasteiger partial charge in [0.15, 0.2) is 17.4 Å². The van der Waals surface area contributed by atoms with Crippen LogP contribution in [0.3, 0.4) is 0 Å². The van der Waals surface area contributed by atoms with Gasteiger partial charge in [0.25, 0.3) is 0 Å². The van der Waals surface area contributed by atoms with E-state index in [1.165, 1.54) is 36.7 Å². The highest BCUT2D eigenvalue weighted by Crippen LogP contribution is 2.36. The lowest BCUT2D eigenvalue weighted by atomic mass is 10.1. The molecule has 2 aromatic carbocycles. The summed E-state index contributed by atoms with van der Waals surface area (Å²) < 4.78 is 80.8. The fourth-order valence-electron chi connectivity index (χ4n) is 3.73. The highest BCUT2D eigenvalue weighted by Gasteiger charge is 2.33. The molecule has 202 valence electrons. The first kappa shape index (κ1) is 27.6. The van der Waals surface area contributed by atoms with Gasteiger partial charge in [0, 0.05) is 19.5 Å². The summed E-state index contributed by atoms with van der Waals surface area (Å²) in [6.07, 6.45) is -0.478. The summed E-state index contributed by atoms with van der Waals surface area (Å²) in [7, 11) is 1.50. The molecule has 1 aliphatic carbocycles. The van der Waals surface area contributed by atoms with E-state index in [2.05, 4.69) is 16.8 Å². The summed E-state index contributed by atoms with van der Waals surface area (Å²) in [6.45, 7) is 0.878. The highest BCUT2D eigenvalue weighted by molar-refractivity contribution is 5.73. The van der Waals surface area contributed by atoms with Gasteiger partial charge in [-0.15, -0.1) is 0 Å². The van der Waals surface area contributed by atoms with E-state index < -0.39 is 40.9 Å². The monoisotopic (exact) mass is 544 g/mol. The minimum atomic E-state index is -4.66. The zero-order valence-corrected chi connectivity index (χ0v) is 20.6. The van der Waals surface area contributed by atoms with E-state index in [0.717, 1.165) is 18.2 Å². The predicted molar refractivity (Wildman–Crippen MR) is 132 cm³/mol. The Morgan fingerprint density at radius 2 is 1.87 bits per heavy atom. The molecule has 1 N–H and O–H groups in total. The van der Waals surface area contributed by atoms with Crippen LogP contribution in [0.1, 0.15) is 28.8 Å². The number of hydrogen-bond donors (Lipinski definition) is 1. The van der Waals surface area contributed by atoms with Gasteiger partial charge in [-0.3, -0.25) is 4.57 Å². The third kappa shape index (κ3) is 6.53. The van der Waals surface area contributed by atoms with Crippen LogP contribution in [-0.2, 0) is 19.8 Å². The number of aliphatic hydroxyl groups is 1. The van der Waals surface area contributed by atoms with Crippen LogP contribution in [0.2, 0.25) is 0 Å². The van der Waals surface area contributed by atoms with Crippen LogP contribution in [0.5, 0.6) is 17.4 Å². The minimum Gasteiger partial charge on any atom is -0.473 e. The van der Waals surface area contributed by atoms with Gasteiger partial charge in [0.1, 0.15) is 18.5 Å². The molecule has 0 aliphatic heterocycles. The smallest absolute Gasteiger partial charge is 0.416 e. The van der Waals surface area contributed by atoms with Crippen molar-refractivity contribution in [2.24, 2.45) is 7.05 Å². The Morgan fingerprint density at radius 3 is 2.56 bits per heavy atom. The fraction of sp³-hybridized carbons (Fsp3) is 0.214. The maximum absolute atomic E-state index is 14.7. The molecule has 4 rings (SSSR count). The van der Waals surface area contributed by atoms with Crippen LogP contribution >= 0.6 is 0 Å². The van der Waals surface area contributed by atoms with Crippen molar-refractivity contribution in [3.05, 3.63) is 99.1 Å². The lowest BCUT2D eigenvalue weighted by Gasteiger charge is -2.14. The van der Waals surface area contributed by atoms with Crippen molar-refractivity contribution in [2.75, 3.05) is 0 Å². The third-order valence-electron chi connectivity index (χ3n) is 5.72. The quantitative estimate of drug-likeness (QED) is 0.330. The molecule has 0 saturated heterocycles. The van der Waals surface area contributed by atoms with E-state index in [9.17, 15) is 31.9 Å². The molecule has 6 nitrogen and oxygen atoms in total. The van der Waals surface area contributed by atoms with Crippen LogP contribution in [0.15, 0.2) is 59.4 Å². The second-order valence-electron chi connectivity index (χ2n) is 8.56. The largest absolute Gasteiger partial charge is 0.473 e. The van der Waals surface area contributed by atoms with Crippen molar-refractivity contribution in [2.45, 2.75) is 32.2 Å². The van der Waals surface area contributed by atoms with Gasteiger partial charge in [-0.05, 0) is 54.0 Å². The maximum atomic E-state index is 14.7. The van der Waals surface area contributed by atoms with E-state index >= 15 is 0 Å². The summed E-state index contributed by atoms with van der Waals surface area (Å²) >= 11 is 0. The van der Waals surface area contributed by atoms with Crippen molar-refractivity contribution in [3.63, 3.8) is 0 Å². The minimum absolute atomic E-state index is 0.0183. The van der Waals surface area contributed by atoms with Crippen molar-refractivity contribution in [1.82, 2.24) is 9.55 Å². The average Bonchev–Trinajstić information content (AvgIpc) is 2.85. The summed E-state index contributed by atoms with van der Waals surface area (Å²) in [4.78, 5) is 16.2. The Balaban J connectivity index is 1.54. The molecular weight excluding hydrogens is 523 g/mol. The Hall–Kier alpha value is -4.43. The molecule has 0 amide bonds. The van der Waals surface area contributed by atoms with Gasteiger partial charge < -0.3 is 14.6 Å². The first-order valence-corrected chi connectivity index (χ1v) is 11.5. The topological polar surface area (TPSA) is 73.6 Å². The number of rotatable bonds is 6. The number of ether oxygens (including phenoxy) is 2. The van der Waals surface area contributed by atoms with E-state index in [1.54, 1.807) is 12.2 Å². The van der Waals surface area contributed by atoms with Crippen LogP contribution < -0.4 is 15.2 Å². The van der Waals surface area contributed by atoms with E-state index in [1.807, 2.05) is 0 Å². The molecule has 3 aromatic rings. The number of aromatic nitrogens is 2. The maximum Gasteiger partial charge on any atom is 0.416 e. The van der Waals surface area contributed by atoms with Crippen molar-refractivity contribution in [3.8, 4) is 29.2 Å². The third-order valence-corrected chi connectivity index (χ3v) is 5.72. The number of alkyl halides is 3. The second kappa shape index (κ2) is 11.1. The number of hydrogen-bond acceptors (Lipinski definition) is 5. The normalized spacial score (nSPS) is 17.2. The second-order valence-corrected chi connectivity index (χ2v) is 8.56. The Kier molecular flexibility index (Phi) is 7.88. The lowest BCUT2D eigenvalue weighted by molar-refractivity contribution is -0.138. The standard InChI is InChI=1S/C28H21F5N2O4/c1-16-7-10-20(13-21(16)28(31,32)33)39-26-22(29)11-17(12-23(26)30)15-38-25-14-24(35(2)27(37)34-25)18-5-3-4-6-19(36)9-8-18/h5,7-14,19,36H,3,15H2,1-2H3/b9-8-,18-5+/t19-/m0/s1. The van der Waals surface area contributed by atoms with Crippen molar-refractivity contribution < 1.29 is 36.5 Å². The van der Waals surface area contributed by atoms with Crippen molar-refractivity contribution >= 4 is 5.57 Å². The number of halogens is 5. The molecule has 0 bridgehead atoms. The van der Waals surface area contributed by atoms with Gasteiger partial charge >= 0.3 is 11.9 Å². The predicted octanol–water partition coefficient (Wildman–Crippen LogP) is 5.46. The number of benzene rings is 2. The van der Waals surface area contributed by atoms with Gasteiger partial charge in [0.05, 0.1) is 11.3 Å². The first-order chi connectivity index (χ1) is 18.4. The van der Waals surface area contributed by atoms with E-state index in [-0.39, 0.29) is 29.4 Å². The molecule has 0 spiro atoms. The van der Waals surface area contributed by atoms with Gasteiger partial charge in [-0.25, -0.2) is 13.6 Å². The molecule has 0 radical (unpaired) electrons. The van der Waals surface area contributed by atoms with Crippen LogP contribution in [0, 0.1) is 30.4 Å². The number of aliphatic hydroxyl groups excluding tert-OH is 1. The zero-order valence-electron chi connectivity index (χ0n) is 20.6. The Morgan fingerprint density at radius 1 is 1.15 bits per heavy atom. The molecule has 1 aliphatic rings. The van der Waals surface area contributed by atoms with E-state index in [4.69, 9.17) is 9.47 Å². The van der Waals surface area contributed by atoms with Crippen LogP contribution in [0.25, 0.3) is 5.57 Å². The molecule has 39 heavy (non-hydrogen) atoms. The summed E-state index contributed by atoms with van der Waals surface area (Å²) in [5, 5.41) is 9.76. The lowest BCUT2D eigenvalue weighted by Crippen LogP contribution is -2.23. The Bertz CT molecular complexity index is 1570. The molecule has 0 fully saturated rings. The molecule has 11 heteroatoms. The molecule has 1 atom stereocenters. The molecule has 1 aromatic heterocycles. The molecule has 0 unspecified atom stereocenters. The summed E-state index contributed by atoms with van der Waals surface area (Å²) in [6, 6.07) is 6.24. The van der Waals surface area contributed by atoms with Gasteiger partial charge in [0.2, 0.25) is 5.88 Å². The average molecular weight is 544 g/mol. The van der Waals surface area contributed by atoms with Crippen LogP contribution in [0.4, 0.5) is 22.0 Å². The van der Waals surface area contributed by atoms with Crippen molar-refractivity contribution in [1.29, 1.82) is 0 Å². The molecule has 0 saturated carbocycles. The number of nitrogens with zero attached hydrogens (tertiary/aromatic N) is 2. The SMILES string of the molecule is Cc1ccc(Oc2c(F)cc(COc3cc(C4=C/CC#C[C@H](O)/C=C\4)n(C)c(=O)n3)cc2F)cc1C(F)(F)F. The Labute approximate surface area is 219 Å². The zero-order chi connectivity index (χ0) is 28.3. The summed E-state index contributed by atoms with van der Waals surface area (Å²) in [5.74, 6) is 1.70.